The minimum Gasteiger partial charge on any atom is -0.369 e. The number of halogens is 1. The lowest BCUT2D eigenvalue weighted by molar-refractivity contribution is -0.138. The molecule has 2 aromatic carbocycles. The third-order valence-corrected chi connectivity index (χ3v) is 13.0. The molecule has 9 rings (SSSR count). The summed E-state index contributed by atoms with van der Waals surface area (Å²) >= 11 is 0. The number of H-pyrrole nitrogens is 1. The van der Waals surface area contributed by atoms with Gasteiger partial charge in [-0.15, -0.1) is 0 Å². The minimum atomic E-state index is -0.541. The van der Waals surface area contributed by atoms with Crippen LogP contribution in [-0.2, 0) is 21.4 Å². The predicted octanol–water partition coefficient (Wildman–Crippen LogP) is 5.08. The Morgan fingerprint density at radius 1 is 0.883 bits per heavy atom. The summed E-state index contributed by atoms with van der Waals surface area (Å²) in [6, 6.07) is 17.1. The first-order valence-electron chi connectivity index (χ1n) is 21.3. The van der Waals surface area contributed by atoms with Gasteiger partial charge in [0.25, 0.3) is 5.56 Å². The van der Waals surface area contributed by atoms with Gasteiger partial charge in [-0.3, -0.25) is 34.1 Å². The number of fused-ring (bicyclic) bond motifs is 1. The number of piperidine rings is 2. The normalized spacial score (nSPS) is 21.9. The molecule has 6 heterocycles. The van der Waals surface area contributed by atoms with E-state index in [1.54, 1.807) is 36.5 Å². The molecular formula is C45H51FN10O4. The van der Waals surface area contributed by atoms with Crippen molar-refractivity contribution < 1.29 is 18.8 Å². The third kappa shape index (κ3) is 8.27. The Hall–Kier alpha value is -5.96. The molecule has 312 valence electrons. The largest absolute Gasteiger partial charge is 0.369 e. The van der Waals surface area contributed by atoms with Crippen LogP contribution >= 0.6 is 0 Å². The van der Waals surface area contributed by atoms with Crippen LogP contribution in [0.15, 0.2) is 71.8 Å². The third-order valence-electron chi connectivity index (χ3n) is 13.0. The molecule has 3 N–H and O–H groups in total. The lowest BCUT2D eigenvalue weighted by atomic mass is 9.84. The summed E-state index contributed by atoms with van der Waals surface area (Å²) in [5.41, 5.74) is 4.54. The number of anilines is 2. The highest BCUT2D eigenvalue weighted by Gasteiger charge is 2.34. The van der Waals surface area contributed by atoms with Gasteiger partial charge >= 0.3 is 0 Å². The highest BCUT2D eigenvalue weighted by molar-refractivity contribution is 6.02. The Labute approximate surface area is 347 Å². The van der Waals surface area contributed by atoms with Crippen LogP contribution in [0.25, 0.3) is 33.3 Å². The SMILES string of the molecule is Cn1nc(C2CCC(=O)NC2=O)c2ccc(N3CCN(CC4CCN(C(=O)[C@H]5CC[C@H](Nc6ncc(F)c(-c7cccc(-c8ccc[nH]c8=O)c7)n6)CC5)CC4)CC3)cc21. The van der Waals surface area contributed by atoms with Gasteiger partial charge in [0.2, 0.25) is 23.7 Å². The summed E-state index contributed by atoms with van der Waals surface area (Å²) in [6.45, 7) is 6.48. The lowest BCUT2D eigenvalue weighted by Gasteiger charge is -2.40. The molecule has 3 amide bonds. The number of piperazine rings is 1. The molecule has 60 heavy (non-hydrogen) atoms. The number of aromatic nitrogens is 5. The van der Waals surface area contributed by atoms with Crippen LogP contribution in [0.3, 0.4) is 0 Å². The van der Waals surface area contributed by atoms with Crippen LogP contribution in [-0.4, -0.2) is 104 Å². The van der Waals surface area contributed by atoms with E-state index in [4.69, 9.17) is 5.10 Å². The number of nitrogens with one attached hydrogen (secondary N) is 3. The molecular weight excluding hydrogens is 764 g/mol. The number of amides is 3. The molecule has 3 aliphatic heterocycles. The van der Waals surface area contributed by atoms with E-state index < -0.39 is 11.7 Å². The highest BCUT2D eigenvalue weighted by Crippen LogP contribution is 2.34. The number of rotatable bonds is 9. The Bertz CT molecular complexity index is 2460. The van der Waals surface area contributed by atoms with Crippen molar-refractivity contribution in [3.05, 3.63) is 88.9 Å². The Kier molecular flexibility index (Phi) is 11.2. The number of aryl methyl sites for hydroxylation is 1. The molecule has 3 aromatic heterocycles. The first-order valence-corrected chi connectivity index (χ1v) is 21.3. The van der Waals surface area contributed by atoms with Gasteiger partial charge in [-0.25, -0.2) is 14.4 Å². The molecule has 15 heteroatoms. The topological polar surface area (TPSA) is 161 Å². The number of hydrogen-bond acceptors (Lipinski definition) is 10. The molecule has 1 saturated carbocycles. The van der Waals surface area contributed by atoms with Gasteiger partial charge in [0, 0.05) is 99.6 Å². The molecule has 0 radical (unpaired) electrons. The average molecular weight is 815 g/mol. The molecule has 1 atom stereocenters. The zero-order valence-electron chi connectivity index (χ0n) is 33.9. The van der Waals surface area contributed by atoms with Crippen molar-refractivity contribution in [1.29, 1.82) is 0 Å². The van der Waals surface area contributed by atoms with Crippen molar-refractivity contribution in [2.45, 2.75) is 63.3 Å². The van der Waals surface area contributed by atoms with Crippen LogP contribution in [0.4, 0.5) is 16.0 Å². The Morgan fingerprint density at radius 2 is 1.67 bits per heavy atom. The number of benzene rings is 2. The average Bonchev–Trinajstić information content (AvgIpc) is 3.59. The zero-order chi connectivity index (χ0) is 41.3. The van der Waals surface area contributed by atoms with Gasteiger partial charge in [-0.1, -0.05) is 18.2 Å². The van der Waals surface area contributed by atoms with Crippen LogP contribution in [0, 0.1) is 17.7 Å². The fourth-order valence-electron chi connectivity index (χ4n) is 9.62. The van der Waals surface area contributed by atoms with Gasteiger partial charge < -0.3 is 20.1 Å². The summed E-state index contributed by atoms with van der Waals surface area (Å²) < 4.78 is 16.8. The maximum absolute atomic E-state index is 15.0. The van der Waals surface area contributed by atoms with Gasteiger partial charge in [-0.2, -0.15) is 5.10 Å². The number of aromatic amines is 1. The van der Waals surface area contributed by atoms with Gasteiger partial charge in [0.05, 0.1) is 23.3 Å². The van der Waals surface area contributed by atoms with E-state index in [0.29, 0.717) is 41.4 Å². The molecule has 0 spiro atoms. The van der Waals surface area contributed by atoms with Crippen molar-refractivity contribution in [3.8, 4) is 22.4 Å². The maximum atomic E-state index is 15.0. The fraction of sp³-hybridized carbons (Fsp3) is 0.444. The van der Waals surface area contributed by atoms with Crippen LogP contribution in [0.5, 0.6) is 0 Å². The maximum Gasteiger partial charge on any atom is 0.255 e. The minimum absolute atomic E-state index is 0.0100. The van der Waals surface area contributed by atoms with E-state index in [2.05, 4.69) is 58.5 Å². The number of nitrogens with zero attached hydrogens (tertiary/aromatic N) is 7. The van der Waals surface area contributed by atoms with E-state index in [9.17, 15) is 19.2 Å². The summed E-state index contributed by atoms with van der Waals surface area (Å²) in [4.78, 5) is 68.8. The lowest BCUT2D eigenvalue weighted by Crippen LogP contribution is -2.49. The molecule has 0 bridgehead atoms. The molecule has 1 aliphatic carbocycles. The molecule has 4 fully saturated rings. The van der Waals surface area contributed by atoms with Crippen LogP contribution in [0.2, 0.25) is 0 Å². The molecule has 5 aromatic rings. The number of imide groups is 1. The standard InChI is InChI=1S/C45H51FN10O4/c1-53-38-25-33(11-12-35(38)41(52-53)36-13-14-39(57)50-43(36)59)55-22-20-54(21-23-55)27-28-15-18-56(19-16-28)44(60)29-7-9-32(10-8-29)49-45-48-26-37(46)40(51-45)31-5-2-4-30(24-31)34-6-3-17-47-42(34)58/h2-6,11-12,17,24-26,28-29,32,36H,7-10,13-16,18-23,27H2,1H3,(H,47,58)(H,48,49,51)(H,50,57,59)/t29-,32-,36?. The van der Waals surface area contributed by atoms with Crippen LogP contribution < -0.4 is 21.1 Å². The molecule has 3 saturated heterocycles. The summed E-state index contributed by atoms with van der Waals surface area (Å²) in [5.74, 6) is -0.244. The van der Waals surface area contributed by atoms with E-state index in [1.807, 2.05) is 17.8 Å². The van der Waals surface area contributed by atoms with Crippen molar-refractivity contribution in [1.82, 2.24) is 39.8 Å². The van der Waals surface area contributed by atoms with Gasteiger partial charge in [-0.05, 0) is 92.8 Å². The molecule has 4 aliphatic rings. The van der Waals surface area contributed by atoms with Crippen molar-refractivity contribution in [3.63, 3.8) is 0 Å². The number of carbonyl (C=O) groups excluding carboxylic acids is 3. The smallest absolute Gasteiger partial charge is 0.255 e. The monoisotopic (exact) mass is 814 g/mol. The van der Waals surface area contributed by atoms with Crippen molar-refractivity contribution in [2.75, 3.05) is 56.0 Å². The van der Waals surface area contributed by atoms with Crippen LogP contribution in [0.1, 0.15) is 63.0 Å². The second kappa shape index (κ2) is 17.0. The summed E-state index contributed by atoms with van der Waals surface area (Å²) in [5, 5.41) is 11.5. The van der Waals surface area contributed by atoms with E-state index in [1.165, 1.54) is 6.20 Å². The van der Waals surface area contributed by atoms with Gasteiger partial charge in [0.1, 0.15) is 5.69 Å². The number of pyridine rings is 1. The highest BCUT2D eigenvalue weighted by atomic mass is 19.1. The zero-order valence-corrected chi connectivity index (χ0v) is 33.9. The first-order chi connectivity index (χ1) is 29.2. The summed E-state index contributed by atoms with van der Waals surface area (Å²) in [6.07, 6.45) is 8.79. The number of likely N-dealkylation sites (tertiary alicyclic amines) is 1. The molecule has 14 nitrogen and oxygen atoms in total. The predicted molar refractivity (Wildman–Crippen MR) is 227 cm³/mol. The second-order valence-electron chi connectivity index (χ2n) is 16.8. The van der Waals surface area contributed by atoms with E-state index >= 15 is 4.39 Å². The van der Waals surface area contributed by atoms with Crippen molar-refractivity contribution in [2.24, 2.45) is 18.9 Å². The summed E-state index contributed by atoms with van der Waals surface area (Å²) in [7, 11) is 1.91. The number of carbonyl (C=O) groups is 3. The van der Waals surface area contributed by atoms with Gasteiger partial charge in [0.15, 0.2) is 5.82 Å². The van der Waals surface area contributed by atoms with E-state index in [-0.39, 0.29) is 40.9 Å². The number of hydrogen-bond donors (Lipinski definition) is 3. The first kappa shape index (κ1) is 39.5. The Morgan fingerprint density at radius 3 is 2.43 bits per heavy atom. The Balaban J connectivity index is 0.721. The van der Waals surface area contributed by atoms with Crippen molar-refractivity contribution >= 4 is 40.3 Å². The molecule has 1 unspecified atom stereocenters. The second-order valence-corrected chi connectivity index (χ2v) is 16.8. The quantitative estimate of drug-likeness (QED) is 0.171. The fourth-order valence-corrected chi connectivity index (χ4v) is 9.62. The van der Waals surface area contributed by atoms with E-state index in [0.717, 1.165) is 107 Å².